The minimum atomic E-state index is 0.225. The average molecular weight is 273 g/mol. The third-order valence-electron chi connectivity index (χ3n) is 5.03. The van der Waals surface area contributed by atoms with Crippen LogP contribution in [0.5, 0.6) is 0 Å². The normalized spacial score (nSPS) is 30.7. The van der Waals surface area contributed by atoms with E-state index in [0.717, 1.165) is 0 Å². The van der Waals surface area contributed by atoms with Gasteiger partial charge in [0.05, 0.1) is 12.2 Å². The van der Waals surface area contributed by atoms with E-state index in [-0.39, 0.29) is 5.41 Å². The van der Waals surface area contributed by atoms with Gasteiger partial charge < -0.3 is 10.1 Å². The molecule has 2 aliphatic heterocycles. The predicted molar refractivity (Wildman–Crippen MR) is 82.9 cm³/mol. The summed E-state index contributed by atoms with van der Waals surface area (Å²) in [6.07, 6.45) is 4.72. The van der Waals surface area contributed by atoms with Crippen molar-refractivity contribution in [2.75, 3.05) is 7.05 Å². The molecule has 0 spiro atoms. The fraction of sp³-hybridized carbons (Fsp3) is 0.667. The van der Waals surface area contributed by atoms with E-state index in [9.17, 15) is 0 Å². The lowest BCUT2D eigenvalue weighted by molar-refractivity contribution is 0.0863. The van der Waals surface area contributed by atoms with Gasteiger partial charge in [-0.15, -0.1) is 0 Å². The molecule has 1 aromatic carbocycles. The molecule has 0 saturated carbocycles. The van der Waals surface area contributed by atoms with Crippen LogP contribution < -0.4 is 5.32 Å². The van der Waals surface area contributed by atoms with Gasteiger partial charge in [-0.05, 0) is 42.9 Å². The molecule has 4 unspecified atom stereocenters. The summed E-state index contributed by atoms with van der Waals surface area (Å²) < 4.78 is 6.03. The highest BCUT2D eigenvalue weighted by Gasteiger charge is 2.44. The first-order valence-electron chi connectivity index (χ1n) is 7.92. The van der Waals surface area contributed by atoms with Crippen LogP contribution in [0.1, 0.15) is 57.2 Å². The number of benzene rings is 1. The molecule has 0 amide bonds. The number of ether oxygens (including phenoxy) is 1. The molecule has 2 fully saturated rings. The minimum Gasteiger partial charge on any atom is -0.375 e. The second-order valence-corrected chi connectivity index (χ2v) is 7.41. The zero-order valence-corrected chi connectivity index (χ0v) is 13.1. The predicted octanol–water partition coefficient (Wildman–Crippen LogP) is 3.81. The Balaban J connectivity index is 1.79. The van der Waals surface area contributed by atoms with Crippen LogP contribution in [0, 0.1) is 5.92 Å². The van der Waals surface area contributed by atoms with Gasteiger partial charge in [-0.1, -0.05) is 45.0 Å². The van der Waals surface area contributed by atoms with Gasteiger partial charge in [-0.25, -0.2) is 0 Å². The van der Waals surface area contributed by atoms with Gasteiger partial charge in [0.15, 0.2) is 0 Å². The van der Waals surface area contributed by atoms with Crippen molar-refractivity contribution >= 4 is 0 Å². The van der Waals surface area contributed by atoms with Crippen molar-refractivity contribution in [2.24, 2.45) is 5.92 Å². The molecule has 3 rings (SSSR count). The Morgan fingerprint density at radius 3 is 2.30 bits per heavy atom. The lowest BCUT2D eigenvalue weighted by atomic mass is 9.80. The van der Waals surface area contributed by atoms with Crippen molar-refractivity contribution in [1.82, 2.24) is 5.32 Å². The standard InChI is InChI=1S/C18H27NO/c1-18(2,3)13-7-5-12(6-8-13)17(19-4)15-11-14-9-10-16(15)20-14/h5-8,14-17,19H,9-11H2,1-4H3. The third kappa shape index (κ3) is 2.51. The van der Waals surface area contributed by atoms with E-state index >= 15 is 0 Å². The van der Waals surface area contributed by atoms with Crippen LogP contribution in [0.15, 0.2) is 24.3 Å². The van der Waals surface area contributed by atoms with Crippen molar-refractivity contribution in [2.45, 2.75) is 63.7 Å². The summed E-state index contributed by atoms with van der Waals surface area (Å²) in [6.45, 7) is 6.80. The molecular formula is C18H27NO. The summed E-state index contributed by atoms with van der Waals surface area (Å²) in [4.78, 5) is 0. The molecule has 4 atom stereocenters. The molecule has 1 N–H and O–H groups in total. The van der Waals surface area contributed by atoms with Crippen molar-refractivity contribution in [3.63, 3.8) is 0 Å². The molecule has 2 nitrogen and oxygen atoms in total. The van der Waals surface area contributed by atoms with Crippen LogP contribution in [0.4, 0.5) is 0 Å². The van der Waals surface area contributed by atoms with Crippen molar-refractivity contribution in [1.29, 1.82) is 0 Å². The Labute approximate surface area is 122 Å². The number of fused-ring (bicyclic) bond motifs is 2. The third-order valence-corrected chi connectivity index (χ3v) is 5.03. The van der Waals surface area contributed by atoms with Gasteiger partial charge in [0.1, 0.15) is 0 Å². The molecule has 0 aromatic heterocycles. The quantitative estimate of drug-likeness (QED) is 0.904. The summed E-state index contributed by atoms with van der Waals surface area (Å²) >= 11 is 0. The number of nitrogens with one attached hydrogen (secondary N) is 1. The van der Waals surface area contributed by atoms with E-state index in [4.69, 9.17) is 4.74 Å². The highest BCUT2D eigenvalue weighted by Crippen LogP contribution is 2.44. The van der Waals surface area contributed by atoms with Gasteiger partial charge in [0.25, 0.3) is 0 Å². The summed E-state index contributed by atoms with van der Waals surface area (Å²) in [5.74, 6) is 0.638. The lowest BCUT2D eigenvalue weighted by Gasteiger charge is -2.29. The van der Waals surface area contributed by atoms with Crippen molar-refractivity contribution in [3.8, 4) is 0 Å². The molecule has 2 bridgehead atoms. The molecule has 2 heteroatoms. The van der Waals surface area contributed by atoms with Gasteiger partial charge in [0, 0.05) is 12.0 Å². The molecule has 2 aliphatic rings. The first kappa shape index (κ1) is 14.1. The average Bonchev–Trinajstić information content (AvgIpc) is 3.02. The van der Waals surface area contributed by atoms with Crippen LogP contribution in [0.2, 0.25) is 0 Å². The van der Waals surface area contributed by atoms with Gasteiger partial charge >= 0.3 is 0 Å². The largest absolute Gasteiger partial charge is 0.375 e. The van der Waals surface area contributed by atoms with Gasteiger partial charge in [0.2, 0.25) is 0 Å². The Kier molecular flexibility index (Phi) is 3.64. The van der Waals surface area contributed by atoms with Crippen LogP contribution in [0.25, 0.3) is 0 Å². The maximum Gasteiger partial charge on any atom is 0.0627 e. The van der Waals surface area contributed by atoms with E-state index < -0.39 is 0 Å². The Hall–Kier alpha value is -0.860. The zero-order chi connectivity index (χ0) is 14.3. The topological polar surface area (TPSA) is 21.3 Å². The number of rotatable bonds is 3. The van der Waals surface area contributed by atoms with E-state index in [1.54, 1.807) is 0 Å². The van der Waals surface area contributed by atoms with Crippen LogP contribution >= 0.6 is 0 Å². The fourth-order valence-electron chi connectivity index (χ4n) is 3.85. The van der Waals surface area contributed by atoms with Crippen molar-refractivity contribution < 1.29 is 4.74 Å². The highest BCUT2D eigenvalue weighted by atomic mass is 16.5. The SMILES string of the molecule is CNC(c1ccc(C(C)(C)C)cc1)C1CC2CCC1O2. The summed E-state index contributed by atoms with van der Waals surface area (Å²) in [5.41, 5.74) is 3.03. The molecule has 110 valence electrons. The highest BCUT2D eigenvalue weighted by molar-refractivity contribution is 5.30. The number of hydrogen-bond donors (Lipinski definition) is 1. The molecule has 0 radical (unpaired) electrons. The van der Waals surface area contributed by atoms with Crippen LogP contribution in [0.3, 0.4) is 0 Å². The molecular weight excluding hydrogens is 246 g/mol. The van der Waals surface area contributed by atoms with E-state index in [2.05, 4.69) is 57.4 Å². The summed E-state index contributed by atoms with van der Waals surface area (Å²) in [6, 6.07) is 9.60. The molecule has 2 saturated heterocycles. The maximum atomic E-state index is 6.03. The van der Waals surface area contributed by atoms with Crippen molar-refractivity contribution in [3.05, 3.63) is 35.4 Å². The Morgan fingerprint density at radius 2 is 1.85 bits per heavy atom. The lowest BCUT2D eigenvalue weighted by Crippen LogP contribution is -2.31. The molecule has 1 aromatic rings. The van der Waals surface area contributed by atoms with Gasteiger partial charge in [-0.3, -0.25) is 0 Å². The molecule has 20 heavy (non-hydrogen) atoms. The minimum absolute atomic E-state index is 0.225. The van der Waals surface area contributed by atoms with E-state index in [1.165, 1.54) is 30.4 Å². The van der Waals surface area contributed by atoms with Gasteiger partial charge in [-0.2, -0.15) is 0 Å². The summed E-state index contributed by atoms with van der Waals surface area (Å²) in [7, 11) is 2.08. The monoisotopic (exact) mass is 273 g/mol. The fourth-order valence-corrected chi connectivity index (χ4v) is 3.85. The maximum absolute atomic E-state index is 6.03. The second-order valence-electron chi connectivity index (χ2n) is 7.41. The number of hydrogen-bond acceptors (Lipinski definition) is 2. The first-order valence-corrected chi connectivity index (χ1v) is 7.92. The summed E-state index contributed by atoms with van der Waals surface area (Å²) in [5, 5.41) is 3.52. The Morgan fingerprint density at radius 1 is 1.15 bits per heavy atom. The van der Waals surface area contributed by atoms with E-state index in [0.29, 0.717) is 24.2 Å². The van der Waals surface area contributed by atoms with E-state index in [1.807, 2.05) is 0 Å². The second kappa shape index (κ2) is 5.16. The molecule has 2 heterocycles. The smallest absolute Gasteiger partial charge is 0.0627 e. The zero-order valence-electron chi connectivity index (χ0n) is 13.1. The Bertz CT molecular complexity index is 459. The van der Waals surface area contributed by atoms with Crippen LogP contribution in [-0.4, -0.2) is 19.3 Å². The first-order chi connectivity index (χ1) is 9.49. The molecule has 0 aliphatic carbocycles. The van der Waals surface area contributed by atoms with Crippen LogP contribution in [-0.2, 0) is 10.2 Å².